The van der Waals surface area contributed by atoms with Crippen LogP contribution in [0.2, 0.25) is 0 Å². The summed E-state index contributed by atoms with van der Waals surface area (Å²) in [5, 5.41) is 9.03. The highest BCUT2D eigenvalue weighted by Gasteiger charge is 2.20. The summed E-state index contributed by atoms with van der Waals surface area (Å²) >= 11 is 0. The molecule has 0 saturated carbocycles. The fourth-order valence-electron chi connectivity index (χ4n) is 4.28. The largest absolute Gasteiger partial charge is 0.396 e. The van der Waals surface area contributed by atoms with Crippen molar-refractivity contribution < 1.29 is 14.6 Å². The molecule has 3 heteroatoms. The number of aliphatic hydroxyl groups is 1. The first kappa shape index (κ1) is 32.6. The molecule has 0 aliphatic rings. The first-order valence-electron chi connectivity index (χ1n) is 13.9. The smallest absolute Gasteiger partial charge is 0.0626 e. The van der Waals surface area contributed by atoms with Gasteiger partial charge < -0.3 is 14.6 Å². The minimum atomic E-state index is -0.0444. The summed E-state index contributed by atoms with van der Waals surface area (Å²) in [5.41, 5.74) is 1.35. The Bertz CT molecular complexity index is 491. The van der Waals surface area contributed by atoms with Crippen molar-refractivity contribution in [3.8, 4) is 0 Å². The molecule has 3 atom stereocenters. The van der Waals surface area contributed by atoms with Gasteiger partial charge in [0.2, 0.25) is 0 Å². The number of hydrogen-bond donors (Lipinski definition) is 1. The van der Waals surface area contributed by atoms with E-state index in [4.69, 9.17) is 14.6 Å². The number of aliphatic hydroxyl groups excluding tert-OH is 1. The van der Waals surface area contributed by atoms with Gasteiger partial charge >= 0.3 is 0 Å². The third-order valence-corrected chi connectivity index (χ3v) is 6.99. The second-order valence-corrected chi connectivity index (χ2v) is 12.3. The van der Waals surface area contributed by atoms with Gasteiger partial charge in [-0.2, -0.15) is 0 Å². The Balaban J connectivity index is 3.92. The van der Waals surface area contributed by atoms with Gasteiger partial charge in [-0.05, 0) is 104 Å². The van der Waals surface area contributed by atoms with Crippen LogP contribution in [0.15, 0.2) is 11.6 Å². The van der Waals surface area contributed by atoms with Gasteiger partial charge in [0.05, 0.1) is 11.2 Å². The van der Waals surface area contributed by atoms with Crippen LogP contribution in [0.4, 0.5) is 0 Å². The van der Waals surface area contributed by atoms with E-state index in [1.165, 1.54) is 44.1 Å². The monoisotopic (exact) mass is 468 g/mol. The lowest BCUT2D eigenvalue weighted by molar-refractivity contribution is -0.0345. The van der Waals surface area contributed by atoms with Crippen LogP contribution >= 0.6 is 0 Å². The number of ether oxygens (including phenoxy) is 2. The van der Waals surface area contributed by atoms with Crippen LogP contribution in [0.25, 0.3) is 0 Å². The van der Waals surface area contributed by atoms with Crippen LogP contribution in [-0.4, -0.2) is 36.1 Å². The second kappa shape index (κ2) is 18.0. The first-order chi connectivity index (χ1) is 15.4. The van der Waals surface area contributed by atoms with Crippen molar-refractivity contribution in [2.75, 3.05) is 19.8 Å². The van der Waals surface area contributed by atoms with E-state index in [2.05, 4.69) is 68.4 Å². The molecule has 33 heavy (non-hydrogen) atoms. The Morgan fingerprint density at radius 3 is 1.55 bits per heavy atom. The maximum Gasteiger partial charge on any atom is 0.0626 e. The van der Waals surface area contributed by atoms with Gasteiger partial charge in [0.15, 0.2) is 0 Å². The zero-order valence-electron chi connectivity index (χ0n) is 24.0. The predicted octanol–water partition coefficient (Wildman–Crippen LogP) is 8.73. The maximum atomic E-state index is 9.03. The zero-order chi connectivity index (χ0) is 25.3. The molecule has 0 bridgehead atoms. The van der Waals surface area contributed by atoms with Crippen LogP contribution < -0.4 is 0 Å². The van der Waals surface area contributed by atoms with Crippen LogP contribution in [-0.2, 0) is 9.47 Å². The fraction of sp³-hybridized carbons (Fsp3) is 0.933. The molecule has 1 N–H and O–H groups in total. The minimum Gasteiger partial charge on any atom is -0.396 e. The third-order valence-electron chi connectivity index (χ3n) is 6.99. The Morgan fingerprint density at radius 2 is 1.12 bits per heavy atom. The van der Waals surface area contributed by atoms with E-state index >= 15 is 0 Å². The molecule has 0 aromatic rings. The lowest BCUT2D eigenvalue weighted by Gasteiger charge is -2.28. The Kier molecular flexibility index (Phi) is 17.8. The Labute approximate surface area is 208 Å². The quantitative estimate of drug-likeness (QED) is 0.171. The van der Waals surface area contributed by atoms with E-state index in [-0.39, 0.29) is 11.2 Å². The van der Waals surface area contributed by atoms with Gasteiger partial charge in [-0.3, -0.25) is 0 Å². The average Bonchev–Trinajstić information content (AvgIpc) is 2.67. The molecule has 0 amide bonds. The van der Waals surface area contributed by atoms with Gasteiger partial charge in [0, 0.05) is 19.8 Å². The summed E-state index contributed by atoms with van der Waals surface area (Å²) in [5.74, 6) is 2.02. The van der Waals surface area contributed by atoms with Gasteiger partial charge in [-0.25, -0.2) is 0 Å². The zero-order valence-corrected chi connectivity index (χ0v) is 24.0. The number of allylic oxidation sites excluding steroid dienone is 2. The molecule has 0 radical (unpaired) electrons. The molecule has 198 valence electrons. The fourth-order valence-corrected chi connectivity index (χ4v) is 4.28. The summed E-state index contributed by atoms with van der Waals surface area (Å²) in [6.07, 6.45) is 15.0. The molecular weight excluding hydrogens is 408 g/mol. The van der Waals surface area contributed by atoms with Crippen molar-refractivity contribution >= 4 is 0 Å². The molecule has 0 saturated heterocycles. The number of rotatable bonds is 21. The van der Waals surface area contributed by atoms with E-state index in [1.807, 2.05) is 0 Å². The standard InChI is InChI=1S/C30H60O3/c1-25(2)13-10-14-27(4)18-23-32-30(8,9)21-12-16-28(5)19-24-33-29(6,7)20-11-15-26(3)17-22-31/h13,26-28,31H,10-12,14-24H2,1-9H3. The van der Waals surface area contributed by atoms with Crippen LogP contribution in [0.5, 0.6) is 0 Å². The van der Waals surface area contributed by atoms with E-state index in [0.29, 0.717) is 18.4 Å². The Hall–Kier alpha value is -0.380. The van der Waals surface area contributed by atoms with E-state index in [0.717, 1.165) is 51.2 Å². The maximum absolute atomic E-state index is 9.03. The van der Waals surface area contributed by atoms with Crippen molar-refractivity contribution in [2.45, 2.75) is 144 Å². The Morgan fingerprint density at radius 1 is 0.697 bits per heavy atom. The van der Waals surface area contributed by atoms with Crippen molar-refractivity contribution in [2.24, 2.45) is 17.8 Å². The third kappa shape index (κ3) is 20.7. The molecule has 0 spiro atoms. The molecule has 0 aromatic heterocycles. The van der Waals surface area contributed by atoms with Crippen LogP contribution in [0.1, 0.15) is 133 Å². The van der Waals surface area contributed by atoms with Crippen molar-refractivity contribution in [3.63, 3.8) is 0 Å². The lowest BCUT2D eigenvalue weighted by Crippen LogP contribution is -2.26. The van der Waals surface area contributed by atoms with Gasteiger partial charge in [0.25, 0.3) is 0 Å². The highest BCUT2D eigenvalue weighted by atomic mass is 16.5. The minimum absolute atomic E-state index is 0.0228. The summed E-state index contributed by atoms with van der Waals surface area (Å²) in [7, 11) is 0. The molecule has 0 fully saturated rings. The van der Waals surface area contributed by atoms with Gasteiger partial charge in [0.1, 0.15) is 0 Å². The topological polar surface area (TPSA) is 38.7 Å². The summed E-state index contributed by atoms with van der Waals surface area (Å²) in [6.45, 7) is 22.2. The average molecular weight is 469 g/mol. The molecule has 0 aromatic carbocycles. The highest BCUT2D eigenvalue weighted by molar-refractivity contribution is 4.92. The van der Waals surface area contributed by atoms with Crippen molar-refractivity contribution in [3.05, 3.63) is 11.6 Å². The SMILES string of the molecule is CC(C)=CCCC(C)CCOC(C)(C)CCCC(C)CCOC(C)(C)CCCC(C)CCO. The first-order valence-corrected chi connectivity index (χ1v) is 13.9. The van der Waals surface area contributed by atoms with E-state index in [9.17, 15) is 0 Å². The molecule has 0 aliphatic carbocycles. The van der Waals surface area contributed by atoms with Crippen molar-refractivity contribution in [1.29, 1.82) is 0 Å². The van der Waals surface area contributed by atoms with Gasteiger partial charge in [-0.1, -0.05) is 58.1 Å². The van der Waals surface area contributed by atoms with E-state index in [1.54, 1.807) is 0 Å². The summed E-state index contributed by atoms with van der Waals surface area (Å²) in [6, 6.07) is 0. The highest BCUT2D eigenvalue weighted by Crippen LogP contribution is 2.25. The molecule has 3 unspecified atom stereocenters. The lowest BCUT2D eigenvalue weighted by atomic mass is 9.94. The summed E-state index contributed by atoms with van der Waals surface area (Å²) < 4.78 is 12.5. The number of hydrogen-bond acceptors (Lipinski definition) is 3. The van der Waals surface area contributed by atoms with Crippen LogP contribution in [0, 0.1) is 17.8 Å². The van der Waals surface area contributed by atoms with Crippen LogP contribution in [0.3, 0.4) is 0 Å². The predicted molar refractivity (Wildman–Crippen MR) is 145 cm³/mol. The molecule has 3 nitrogen and oxygen atoms in total. The molecular formula is C30H60O3. The molecule has 0 rings (SSSR count). The van der Waals surface area contributed by atoms with Gasteiger partial charge in [-0.15, -0.1) is 0 Å². The molecule has 0 heterocycles. The molecule has 0 aliphatic heterocycles. The van der Waals surface area contributed by atoms with Crippen molar-refractivity contribution in [1.82, 2.24) is 0 Å². The normalized spacial score (nSPS) is 15.3. The van der Waals surface area contributed by atoms with E-state index < -0.39 is 0 Å². The second-order valence-electron chi connectivity index (χ2n) is 12.3. The summed E-state index contributed by atoms with van der Waals surface area (Å²) in [4.78, 5) is 0.